The molecular formula is C23H27N3O2. The Hall–Kier alpha value is -2.82. The van der Waals surface area contributed by atoms with E-state index in [4.69, 9.17) is 9.40 Å². The fourth-order valence-corrected chi connectivity index (χ4v) is 3.90. The van der Waals surface area contributed by atoms with E-state index >= 15 is 0 Å². The average Bonchev–Trinajstić information content (AvgIpc) is 3.34. The molecule has 146 valence electrons. The summed E-state index contributed by atoms with van der Waals surface area (Å²) in [5.41, 5.74) is 5.06. The molecule has 0 N–H and O–H groups in total. The van der Waals surface area contributed by atoms with Gasteiger partial charge < -0.3 is 14.2 Å². The van der Waals surface area contributed by atoms with Gasteiger partial charge in [-0.2, -0.15) is 0 Å². The first-order valence-corrected chi connectivity index (χ1v) is 10.0. The van der Waals surface area contributed by atoms with Crippen LogP contribution in [0.5, 0.6) is 0 Å². The van der Waals surface area contributed by atoms with Gasteiger partial charge in [0.05, 0.1) is 0 Å². The van der Waals surface area contributed by atoms with Crippen LogP contribution in [0, 0.1) is 0 Å². The van der Waals surface area contributed by atoms with Gasteiger partial charge in [-0.1, -0.05) is 25.1 Å². The van der Waals surface area contributed by atoms with E-state index in [0.717, 1.165) is 48.0 Å². The lowest BCUT2D eigenvalue weighted by Gasteiger charge is -2.21. The standard InChI is InChI=1S/C23H27N3O2/c1-4-6-22(27)26-14-5-7-20(26)23-24-19-15-17(10-13-21(19)28-23)16-8-11-18(12-9-16)25(2)3/h8-13,15,20H,4-7,14H2,1-3H3. The maximum Gasteiger partial charge on any atom is 0.223 e. The van der Waals surface area contributed by atoms with Gasteiger partial charge in [-0.15, -0.1) is 0 Å². The highest BCUT2D eigenvalue weighted by Crippen LogP contribution is 2.35. The van der Waals surface area contributed by atoms with Gasteiger partial charge in [-0.3, -0.25) is 4.79 Å². The zero-order valence-corrected chi connectivity index (χ0v) is 16.8. The topological polar surface area (TPSA) is 49.6 Å². The molecule has 0 bridgehead atoms. The number of likely N-dealkylation sites (tertiary alicyclic amines) is 1. The fraction of sp³-hybridized carbons (Fsp3) is 0.391. The average molecular weight is 377 g/mol. The summed E-state index contributed by atoms with van der Waals surface area (Å²) in [7, 11) is 4.07. The van der Waals surface area contributed by atoms with Crippen LogP contribution in [0.25, 0.3) is 22.2 Å². The van der Waals surface area contributed by atoms with Gasteiger partial charge in [0, 0.05) is 32.7 Å². The minimum atomic E-state index is -0.0331. The number of carbonyl (C=O) groups is 1. The Morgan fingerprint density at radius 3 is 2.64 bits per heavy atom. The maximum atomic E-state index is 12.4. The molecule has 2 heterocycles. The smallest absolute Gasteiger partial charge is 0.223 e. The highest BCUT2D eigenvalue weighted by Gasteiger charge is 2.33. The molecule has 1 aromatic heterocycles. The minimum absolute atomic E-state index is 0.0331. The Balaban J connectivity index is 1.62. The van der Waals surface area contributed by atoms with Gasteiger partial charge in [-0.25, -0.2) is 4.98 Å². The molecule has 0 saturated carbocycles. The lowest BCUT2D eigenvalue weighted by Crippen LogP contribution is -2.30. The van der Waals surface area contributed by atoms with E-state index in [1.165, 1.54) is 5.69 Å². The molecule has 1 amide bonds. The number of hydrogen-bond acceptors (Lipinski definition) is 4. The van der Waals surface area contributed by atoms with Crippen molar-refractivity contribution in [1.29, 1.82) is 0 Å². The molecule has 0 radical (unpaired) electrons. The van der Waals surface area contributed by atoms with Crippen LogP contribution in [0.15, 0.2) is 46.9 Å². The molecule has 1 unspecified atom stereocenters. The second-order valence-electron chi connectivity index (χ2n) is 7.67. The van der Waals surface area contributed by atoms with Crippen LogP contribution in [0.3, 0.4) is 0 Å². The van der Waals surface area contributed by atoms with Gasteiger partial charge in [0.15, 0.2) is 5.58 Å². The van der Waals surface area contributed by atoms with Crippen molar-refractivity contribution in [1.82, 2.24) is 9.88 Å². The number of fused-ring (bicyclic) bond motifs is 1. The van der Waals surface area contributed by atoms with Gasteiger partial charge in [0.1, 0.15) is 11.6 Å². The number of amides is 1. The number of rotatable bonds is 5. The van der Waals surface area contributed by atoms with Gasteiger partial charge in [-0.05, 0) is 54.7 Å². The molecule has 4 rings (SSSR count). The first kappa shape index (κ1) is 18.5. The molecule has 1 saturated heterocycles. The molecule has 1 fully saturated rings. The minimum Gasteiger partial charge on any atom is -0.438 e. The van der Waals surface area contributed by atoms with Crippen molar-refractivity contribution in [2.24, 2.45) is 0 Å². The summed E-state index contributed by atoms with van der Waals surface area (Å²) in [5.74, 6) is 0.867. The Morgan fingerprint density at radius 2 is 1.93 bits per heavy atom. The summed E-state index contributed by atoms with van der Waals surface area (Å²) in [6, 6.07) is 14.6. The molecular weight excluding hydrogens is 350 g/mol. The van der Waals surface area contributed by atoms with Gasteiger partial charge in [0.25, 0.3) is 0 Å². The number of oxazole rings is 1. The molecule has 28 heavy (non-hydrogen) atoms. The van der Waals surface area contributed by atoms with Crippen LogP contribution in [0.2, 0.25) is 0 Å². The zero-order valence-electron chi connectivity index (χ0n) is 16.8. The largest absolute Gasteiger partial charge is 0.438 e. The van der Waals surface area contributed by atoms with Crippen LogP contribution in [-0.4, -0.2) is 36.4 Å². The van der Waals surface area contributed by atoms with E-state index in [2.05, 4.69) is 41.3 Å². The van der Waals surface area contributed by atoms with Crippen LogP contribution in [-0.2, 0) is 4.79 Å². The number of aromatic nitrogens is 1. The van der Waals surface area contributed by atoms with Crippen LogP contribution >= 0.6 is 0 Å². The molecule has 3 aromatic rings. The zero-order chi connectivity index (χ0) is 19.7. The summed E-state index contributed by atoms with van der Waals surface area (Å²) in [6.45, 7) is 2.83. The normalized spacial score (nSPS) is 16.7. The van der Waals surface area contributed by atoms with Crippen molar-refractivity contribution in [3.63, 3.8) is 0 Å². The summed E-state index contributed by atoms with van der Waals surface area (Å²) in [6.07, 6.45) is 3.37. The Morgan fingerprint density at radius 1 is 1.18 bits per heavy atom. The third kappa shape index (κ3) is 3.49. The van der Waals surface area contributed by atoms with Crippen molar-refractivity contribution in [3.05, 3.63) is 48.4 Å². The van der Waals surface area contributed by atoms with E-state index in [1.54, 1.807) is 0 Å². The molecule has 5 nitrogen and oxygen atoms in total. The SMILES string of the molecule is CCCC(=O)N1CCCC1c1nc2cc(-c3ccc(N(C)C)cc3)ccc2o1. The first-order valence-electron chi connectivity index (χ1n) is 10.0. The molecule has 1 aliphatic rings. The lowest BCUT2D eigenvalue weighted by molar-refractivity contribution is -0.132. The van der Waals surface area contributed by atoms with E-state index in [9.17, 15) is 4.79 Å². The Bertz CT molecular complexity index is 975. The first-order chi connectivity index (χ1) is 13.6. The quantitative estimate of drug-likeness (QED) is 0.626. The van der Waals surface area contributed by atoms with E-state index in [-0.39, 0.29) is 11.9 Å². The molecule has 2 aromatic carbocycles. The van der Waals surface area contributed by atoms with E-state index < -0.39 is 0 Å². The number of carbonyl (C=O) groups excluding carboxylic acids is 1. The highest BCUT2D eigenvalue weighted by molar-refractivity contribution is 5.81. The molecule has 5 heteroatoms. The number of nitrogens with zero attached hydrogens (tertiary/aromatic N) is 3. The number of anilines is 1. The lowest BCUT2D eigenvalue weighted by atomic mass is 10.0. The second kappa shape index (κ2) is 7.66. The van der Waals surface area contributed by atoms with E-state index in [1.807, 2.05) is 32.0 Å². The van der Waals surface area contributed by atoms with E-state index in [0.29, 0.717) is 12.3 Å². The third-order valence-corrected chi connectivity index (χ3v) is 5.44. The molecule has 0 aliphatic carbocycles. The van der Waals surface area contributed by atoms with Crippen LogP contribution in [0.4, 0.5) is 5.69 Å². The van der Waals surface area contributed by atoms with Crippen molar-refractivity contribution in [2.45, 2.75) is 38.6 Å². The molecule has 1 atom stereocenters. The van der Waals surface area contributed by atoms with Crippen molar-refractivity contribution >= 4 is 22.7 Å². The Kier molecular flexibility index (Phi) is 5.07. The predicted octanol–water partition coefficient (Wildman–Crippen LogP) is 5.02. The summed E-state index contributed by atoms with van der Waals surface area (Å²) >= 11 is 0. The monoisotopic (exact) mass is 377 g/mol. The van der Waals surface area contributed by atoms with Crippen molar-refractivity contribution in [3.8, 4) is 11.1 Å². The van der Waals surface area contributed by atoms with Crippen molar-refractivity contribution < 1.29 is 9.21 Å². The predicted molar refractivity (Wildman–Crippen MR) is 112 cm³/mol. The summed E-state index contributed by atoms with van der Waals surface area (Å²) < 4.78 is 6.04. The van der Waals surface area contributed by atoms with Crippen LogP contribution < -0.4 is 4.90 Å². The Labute approximate surface area is 166 Å². The third-order valence-electron chi connectivity index (χ3n) is 5.44. The molecule has 1 aliphatic heterocycles. The van der Waals surface area contributed by atoms with Crippen molar-refractivity contribution in [2.75, 3.05) is 25.5 Å². The van der Waals surface area contributed by atoms with Gasteiger partial charge >= 0.3 is 0 Å². The molecule has 0 spiro atoms. The fourth-order valence-electron chi connectivity index (χ4n) is 3.90. The highest BCUT2D eigenvalue weighted by atomic mass is 16.3. The maximum absolute atomic E-state index is 12.4. The van der Waals surface area contributed by atoms with Crippen LogP contribution in [0.1, 0.15) is 44.5 Å². The second-order valence-corrected chi connectivity index (χ2v) is 7.67. The number of hydrogen-bond donors (Lipinski definition) is 0. The number of benzene rings is 2. The summed E-state index contributed by atoms with van der Waals surface area (Å²) in [5, 5.41) is 0. The summed E-state index contributed by atoms with van der Waals surface area (Å²) in [4.78, 5) is 21.2. The van der Waals surface area contributed by atoms with Gasteiger partial charge in [0.2, 0.25) is 11.8 Å².